The smallest absolute Gasteiger partial charge is 0.186 e. The van der Waals surface area contributed by atoms with E-state index in [0.717, 1.165) is 12.5 Å². The number of hydrogen-bond acceptors (Lipinski definition) is 2. The molecule has 0 bridgehead atoms. The van der Waals surface area contributed by atoms with Crippen LogP contribution in [-0.2, 0) is 11.2 Å². The lowest BCUT2D eigenvalue weighted by Crippen LogP contribution is -1.97. The molecule has 0 radical (unpaired) electrons. The minimum absolute atomic E-state index is 0.0661. The maximum Gasteiger partial charge on any atom is 0.186 e. The number of hydrogen-bond donors (Lipinski definition) is 1. The van der Waals surface area contributed by atoms with E-state index in [1.807, 2.05) is 6.92 Å². The van der Waals surface area contributed by atoms with E-state index in [1.54, 1.807) is 0 Å². The zero-order chi connectivity index (χ0) is 12.3. The summed E-state index contributed by atoms with van der Waals surface area (Å²) in [4.78, 5) is 7.01. The lowest BCUT2D eigenvalue weighted by molar-refractivity contribution is 0.145. The molecule has 1 aromatic heterocycles. The van der Waals surface area contributed by atoms with Gasteiger partial charge in [0.15, 0.2) is 11.6 Å². The standard InChI is InChI=1S/C12H14F2N2O/c1-2-17-7-3-4-10-15-9-6-5-8(13)11(14)12(9)16-10/h5-6H,2-4,7H2,1H3,(H,15,16). The molecule has 2 aromatic rings. The van der Waals surface area contributed by atoms with E-state index in [4.69, 9.17) is 4.74 Å². The molecule has 2 rings (SSSR count). The van der Waals surface area contributed by atoms with Crippen LogP contribution in [0.1, 0.15) is 19.2 Å². The van der Waals surface area contributed by atoms with Crippen molar-refractivity contribution in [1.29, 1.82) is 0 Å². The Hall–Kier alpha value is -1.49. The average molecular weight is 240 g/mol. The summed E-state index contributed by atoms with van der Waals surface area (Å²) in [5.74, 6) is -1.11. The van der Waals surface area contributed by atoms with Gasteiger partial charge in [0.05, 0.1) is 5.52 Å². The molecule has 0 amide bonds. The summed E-state index contributed by atoms with van der Waals surface area (Å²) >= 11 is 0. The van der Waals surface area contributed by atoms with Crippen LogP contribution < -0.4 is 0 Å². The van der Waals surface area contributed by atoms with E-state index in [0.29, 0.717) is 31.0 Å². The number of ether oxygens (including phenoxy) is 1. The second-order valence-corrected chi connectivity index (χ2v) is 3.74. The van der Waals surface area contributed by atoms with Crippen molar-refractivity contribution < 1.29 is 13.5 Å². The van der Waals surface area contributed by atoms with Gasteiger partial charge in [0.25, 0.3) is 0 Å². The van der Waals surface area contributed by atoms with Crippen LogP contribution in [0.4, 0.5) is 8.78 Å². The lowest BCUT2D eigenvalue weighted by Gasteiger charge is -1.98. The molecular formula is C12H14F2N2O. The van der Waals surface area contributed by atoms with E-state index < -0.39 is 11.6 Å². The molecule has 1 N–H and O–H groups in total. The van der Waals surface area contributed by atoms with Crippen LogP contribution in [0.3, 0.4) is 0 Å². The summed E-state index contributed by atoms with van der Waals surface area (Å²) in [5.41, 5.74) is 0.590. The van der Waals surface area contributed by atoms with Crippen molar-refractivity contribution in [2.45, 2.75) is 19.8 Å². The molecule has 92 valence electrons. The van der Waals surface area contributed by atoms with Crippen molar-refractivity contribution in [2.24, 2.45) is 0 Å². The molecule has 0 saturated carbocycles. The average Bonchev–Trinajstić information content (AvgIpc) is 2.74. The summed E-state index contributed by atoms with van der Waals surface area (Å²) in [5, 5.41) is 0. The zero-order valence-corrected chi connectivity index (χ0v) is 9.59. The van der Waals surface area contributed by atoms with E-state index in [1.165, 1.54) is 6.07 Å². The van der Waals surface area contributed by atoms with Gasteiger partial charge in [-0.1, -0.05) is 0 Å². The lowest BCUT2D eigenvalue weighted by atomic mass is 10.3. The highest BCUT2D eigenvalue weighted by molar-refractivity contribution is 5.75. The fourth-order valence-corrected chi connectivity index (χ4v) is 1.67. The third-order valence-electron chi connectivity index (χ3n) is 2.50. The first kappa shape index (κ1) is 12.0. The van der Waals surface area contributed by atoms with Gasteiger partial charge in [-0.2, -0.15) is 0 Å². The Morgan fingerprint density at radius 3 is 2.94 bits per heavy atom. The zero-order valence-electron chi connectivity index (χ0n) is 9.59. The number of aryl methyl sites for hydroxylation is 1. The highest BCUT2D eigenvalue weighted by Crippen LogP contribution is 2.18. The Labute approximate surface area is 97.8 Å². The van der Waals surface area contributed by atoms with Crippen molar-refractivity contribution in [3.63, 3.8) is 0 Å². The Kier molecular flexibility index (Phi) is 3.68. The molecule has 0 aliphatic heterocycles. The number of benzene rings is 1. The molecule has 5 heteroatoms. The predicted molar refractivity (Wildman–Crippen MR) is 60.8 cm³/mol. The van der Waals surface area contributed by atoms with Crippen LogP contribution in [0.15, 0.2) is 12.1 Å². The first-order chi connectivity index (χ1) is 8.22. The minimum Gasteiger partial charge on any atom is -0.382 e. The van der Waals surface area contributed by atoms with Crippen LogP contribution in [0.5, 0.6) is 0 Å². The number of H-pyrrole nitrogens is 1. The first-order valence-electron chi connectivity index (χ1n) is 5.62. The normalized spacial score (nSPS) is 11.2. The van der Waals surface area contributed by atoms with Gasteiger partial charge in [-0.3, -0.25) is 0 Å². The molecule has 0 saturated heterocycles. The fraction of sp³-hybridized carbons (Fsp3) is 0.417. The van der Waals surface area contributed by atoms with Gasteiger partial charge in [0.1, 0.15) is 11.3 Å². The second kappa shape index (κ2) is 5.23. The summed E-state index contributed by atoms with van der Waals surface area (Å²) in [6.07, 6.45) is 1.47. The minimum atomic E-state index is -0.894. The van der Waals surface area contributed by atoms with Crippen LogP contribution >= 0.6 is 0 Å². The van der Waals surface area contributed by atoms with Gasteiger partial charge in [-0.15, -0.1) is 0 Å². The van der Waals surface area contributed by atoms with Crippen molar-refractivity contribution >= 4 is 11.0 Å². The van der Waals surface area contributed by atoms with Crippen molar-refractivity contribution in [3.8, 4) is 0 Å². The van der Waals surface area contributed by atoms with Gasteiger partial charge in [-0.25, -0.2) is 13.8 Å². The highest BCUT2D eigenvalue weighted by atomic mass is 19.2. The number of nitrogens with zero attached hydrogens (tertiary/aromatic N) is 1. The monoisotopic (exact) mass is 240 g/mol. The molecule has 17 heavy (non-hydrogen) atoms. The SMILES string of the molecule is CCOCCCc1nc2c(F)c(F)ccc2[nH]1. The van der Waals surface area contributed by atoms with Crippen LogP contribution in [0.2, 0.25) is 0 Å². The molecule has 0 aliphatic rings. The molecule has 1 aromatic carbocycles. The Balaban J connectivity index is 2.12. The van der Waals surface area contributed by atoms with Crippen molar-refractivity contribution in [1.82, 2.24) is 9.97 Å². The molecular weight excluding hydrogens is 226 g/mol. The molecule has 1 heterocycles. The highest BCUT2D eigenvalue weighted by Gasteiger charge is 2.11. The first-order valence-corrected chi connectivity index (χ1v) is 5.62. The van der Waals surface area contributed by atoms with Gasteiger partial charge < -0.3 is 9.72 Å². The largest absolute Gasteiger partial charge is 0.382 e. The Morgan fingerprint density at radius 2 is 2.18 bits per heavy atom. The quantitative estimate of drug-likeness (QED) is 0.816. The van der Waals surface area contributed by atoms with Gasteiger partial charge in [0.2, 0.25) is 0 Å². The topological polar surface area (TPSA) is 37.9 Å². The van der Waals surface area contributed by atoms with E-state index in [9.17, 15) is 8.78 Å². The van der Waals surface area contributed by atoms with Gasteiger partial charge >= 0.3 is 0 Å². The summed E-state index contributed by atoms with van der Waals surface area (Å²) in [7, 11) is 0. The Bertz CT molecular complexity index is 510. The molecule has 3 nitrogen and oxygen atoms in total. The number of fused-ring (bicyclic) bond motifs is 1. The molecule has 0 atom stereocenters. The van der Waals surface area contributed by atoms with Crippen LogP contribution in [0.25, 0.3) is 11.0 Å². The number of imidazole rings is 1. The molecule has 0 spiro atoms. The molecule has 0 aliphatic carbocycles. The maximum absolute atomic E-state index is 13.4. The fourth-order valence-electron chi connectivity index (χ4n) is 1.67. The van der Waals surface area contributed by atoms with Crippen molar-refractivity contribution in [2.75, 3.05) is 13.2 Å². The van der Waals surface area contributed by atoms with Crippen LogP contribution in [-0.4, -0.2) is 23.2 Å². The summed E-state index contributed by atoms with van der Waals surface area (Å²) in [6, 6.07) is 2.59. The number of aromatic nitrogens is 2. The third-order valence-corrected chi connectivity index (χ3v) is 2.50. The van der Waals surface area contributed by atoms with E-state index in [-0.39, 0.29) is 5.52 Å². The maximum atomic E-state index is 13.4. The summed E-state index contributed by atoms with van der Waals surface area (Å²) in [6.45, 7) is 3.25. The number of halogens is 2. The van der Waals surface area contributed by atoms with Crippen molar-refractivity contribution in [3.05, 3.63) is 29.6 Å². The van der Waals surface area contributed by atoms with E-state index in [2.05, 4.69) is 9.97 Å². The van der Waals surface area contributed by atoms with E-state index >= 15 is 0 Å². The summed E-state index contributed by atoms with van der Waals surface area (Å²) < 4.78 is 31.5. The van der Waals surface area contributed by atoms with Crippen LogP contribution in [0, 0.1) is 11.6 Å². The molecule has 0 unspecified atom stereocenters. The predicted octanol–water partition coefficient (Wildman–Crippen LogP) is 2.81. The number of rotatable bonds is 5. The third kappa shape index (κ3) is 2.61. The number of aromatic amines is 1. The molecule has 0 fully saturated rings. The van der Waals surface area contributed by atoms with Gasteiger partial charge in [0, 0.05) is 19.6 Å². The number of nitrogens with one attached hydrogen (secondary N) is 1. The Morgan fingerprint density at radius 1 is 1.35 bits per heavy atom. The van der Waals surface area contributed by atoms with Gasteiger partial charge in [-0.05, 0) is 25.5 Å². The second-order valence-electron chi connectivity index (χ2n) is 3.74.